The predicted molar refractivity (Wildman–Crippen MR) is 243 cm³/mol. The maximum Gasteiger partial charge on any atom is 0.164 e. The molecule has 0 radical (unpaired) electrons. The Morgan fingerprint density at radius 3 is 1.93 bits per heavy atom. The summed E-state index contributed by atoms with van der Waals surface area (Å²) in [5, 5.41) is 6.75. The molecule has 0 bridgehead atoms. The molecule has 0 saturated carbocycles. The molecular formula is C55H35N3O. The van der Waals surface area contributed by atoms with Gasteiger partial charge in [0.1, 0.15) is 11.2 Å². The first-order valence-corrected chi connectivity index (χ1v) is 20.2. The molecule has 0 fully saturated rings. The van der Waals surface area contributed by atoms with Crippen molar-refractivity contribution >= 4 is 49.6 Å². The summed E-state index contributed by atoms with van der Waals surface area (Å²) in [6, 6.07) is 57.9. The summed E-state index contributed by atoms with van der Waals surface area (Å²) >= 11 is 0. The highest BCUT2D eigenvalue weighted by atomic mass is 16.3. The molecule has 2 aliphatic carbocycles. The van der Waals surface area contributed by atoms with Crippen LogP contribution in [0, 0.1) is 5.92 Å². The second-order valence-corrected chi connectivity index (χ2v) is 15.5. The van der Waals surface area contributed by atoms with Gasteiger partial charge in [-0.15, -0.1) is 0 Å². The van der Waals surface area contributed by atoms with E-state index in [0.29, 0.717) is 23.4 Å². The monoisotopic (exact) mass is 753 g/mol. The van der Waals surface area contributed by atoms with Crippen LogP contribution in [0.5, 0.6) is 0 Å². The quantitative estimate of drug-likeness (QED) is 0.164. The maximum atomic E-state index is 6.61. The van der Waals surface area contributed by atoms with E-state index in [4.69, 9.17) is 19.4 Å². The number of allylic oxidation sites excluding steroid dienone is 5. The molecule has 0 saturated heterocycles. The molecule has 276 valence electrons. The molecule has 2 unspecified atom stereocenters. The molecule has 4 nitrogen and oxygen atoms in total. The van der Waals surface area contributed by atoms with Gasteiger partial charge in [-0.25, -0.2) is 15.0 Å². The molecule has 0 amide bonds. The van der Waals surface area contributed by atoms with Crippen LogP contribution < -0.4 is 0 Å². The van der Waals surface area contributed by atoms with Gasteiger partial charge < -0.3 is 4.42 Å². The molecule has 2 atom stereocenters. The minimum atomic E-state index is 0.271. The number of aromatic nitrogens is 3. The van der Waals surface area contributed by atoms with Gasteiger partial charge in [0, 0.05) is 39.3 Å². The number of furan rings is 1. The van der Waals surface area contributed by atoms with Gasteiger partial charge in [0.15, 0.2) is 17.5 Å². The summed E-state index contributed by atoms with van der Waals surface area (Å²) in [4.78, 5) is 15.8. The van der Waals surface area contributed by atoms with E-state index in [9.17, 15) is 0 Å². The highest BCUT2D eigenvalue weighted by Crippen LogP contribution is 2.42. The van der Waals surface area contributed by atoms with Gasteiger partial charge in [0.05, 0.1) is 0 Å². The van der Waals surface area contributed by atoms with Crippen molar-refractivity contribution in [2.45, 2.75) is 5.92 Å². The molecule has 8 aromatic carbocycles. The summed E-state index contributed by atoms with van der Waals surface area (Å²) < 4.78 is 6.61. The van der Waals surface area contributed by atoms with Crippen molar-refractivity contribution in [2.75, 3.05) is 0 Å². The van der Waals surface area contributed by atoms with Gasteiger partial charge in [0.2, 0.25) is 0 Å². The van der Waals surface area contributed by atoms with Gasteiger partial charge in [-0.1, -0.05) is 170 Å². The van der Waals surface area contributed by atoms with E-state index >= 15 is 0 Å². The number of hydrogen-bond acceptors (Lipinski definition) is 4. The summed E-state index contributed by atoms with van der Waals surface area (Å²) in [7, 11) is 0. The van der Waals surface area contributed by atoms with E-state index in [1.165, 1.54) is 43.8 Å². The number of benzene rings is 8. The van der Waals surface area contributed by atoms with E-state index in [1.807, 2.05) is 18.2 Å². The van der Waals surface area contributed by atoms with Crippen LogP contribution >= 0.6 is 0 Å². The maximum absolute atomic E-state index is 6.61. The van der Waals surface area contributed by atoms with E-state index in [1.54, 1.807) is 0 Å². The third-order valence-corrected chi connectivity index (χ3v) is 12.1. The third-order valence-electron chi connectivity index (χ3n) is 12.1. The fourth-order valence-electron chi connectivity index (χ4n) is 9.06. The van der Waals surface area contributed by atoms with Crippen LogP contribution in [0.2, 0.25) is 0 Å². The first-order chi connectivity index (χ1) is 29.2. The molecule has 2 heterocycles. The van der Waals surface area contributed by atoms with Crippen molar-refractivity contribution in [3.05, 3.63) is 205 Å². The van der Waals surface area contributed by atoms with E-state index in [2.05, 4.69) is 182 Å². The summed E-state index contributed by atoms with van der Waals surface area (Å²) in [6.45, 7) is 0. The fourth-order valence-corrected chi connectivity index (χ4v) is 9.06. The normalized spacial score (nSPS) is 15.6. The molecule has 0 aliphatic heterocycles. The van der Waals surface area contributed by atoms with Crippen molar-refractivity contribution in [2.24, 2.45) is 5.92 Å². The largest absolute Gasteiger partial charge is 0.456 e. The van der Waals surface area contributed by atoms with Gasteiger partial charge in [0.25, 0.3) is 0 Å². The molecule has 10 aromatic rings. The van der Waals surface area contributed by atoms with Gasteiger partial charge in [-0.3, -0.25) is 0 Å². The average molecular weight is 754 g/mol. The van der Waals surface area contributed by atoms with Crippen LogP contribution in [0.4, 0.5) is 0 Å². The third kappa shape index (κ3) is 5.72. The van der Waals surface area contributed by atoms with Gasteiger partial charge in [-0.2, -0.15) is 0 Å². The number of fused-ring (bicyclic) bond motifs is 9. The lowest BCUT2D eigenvalue weighted by molar-refractivity contribution is 0.669. The van der Waals surface area contributed by atoms with Crippen LogP contribution in [-0.4, -0.2) is 15.0 Å². The second kappa shape index (κ2) is 13.5. The Hall–Kier alpha value is -7.69. The van der Waals surface area contributed by atoms with Crippen molar-refractivity contribution in [3.8, 4) is 56.4 Å². The SMILES string of the molecule is C1=CC2C=Cc3ccc(-c4nc(-c5ccc6ccc7ccccc7c6c5)nc(-c5cccc6oc7cc(-c8ccc(-c9ccccc9)cc8)ccc7c56)n4)cc3C2C=C1. The smallest absolute Gasteiger partial charge is 0.164 e. The highest BCUT2D eigenvalue weighted by Gasteiger charge is 2.25. The van der Waals surface area contributed by atoms with E-state index < -0.39 is 0 Å². The Labute approximate surface area is 341 Å². The lowest BCUT2D eigenvalue weighted by Gasteiger charge is -2.27. The highest BCUT2D eigenvalue weighted by molar-refractivity contribution is 6.13. The number of rotatable bonds is 5. The minimum Gasteiger partial charge on any atom is -0.456 e. The predicted octanol–water partition coefficient (Wildman–Crippen LogP) is 14.3. The summed E-state index contributed by atoms with van der Waals surface area (Å²) in [5.41, 5.74) is 11.5. The van der Waals surface area contributed by atoms with E-state index in [0.717, 1.165) is 49.8 Å². The second-order valence-electron chi connectivity index (χ2n) is 15.5. The van der Waals surface area contributed by atoms with Crippen LogP contribution in [0.25, 0.3) is 106 Å². The first kappa shape index (κ1) is 33.4. The molecule has 59 heavy (non-hydrogen) atoms. The Morgan fingerprint density at radius 1 is 0.407 bits per heavy atom. The van der Waals surface area contributed by atoms with Gasteiger partial charge in [-0.05, 0) is 85.3 Å². The lowest BCUT2D eigenvalue weighted by atomic mass is 9.77. The zero-order valence-corrected chi connectivity index (χ0v) is 32.0. The average Bonchev–Trinajstić information content (AvgIpc) is 3.69. The summed E-state index contributed by atoms with van der Waals surface area (Å²) in [6.07, 6.45) is 13.4. The molecule has 2 aromatic heterocycles. The van der Waals surface area contributed by atoms with Crippen LogP contribution in [0.3, 0.4) is 0 Å². The van der Waals surface area contributed by atoms with Gasteiger partial charge >= 0.3 is 0 Å². The molecule has 12 rings (SSSR count). The molecule has 0 spiro atoms. The topological polar surface area (TPSA) is 51.8 Å². The molecular weight excluding hydrogens is 719 g/mol. The Morgan fingerprint density at radius 2 is 1.07 bits per heavy atom. The number of nitrogens with zero attached hydrogens (tertiary/aromatic N) is 3. The number of hydrogen-bond donors (Lipinski definition) is 0. The Balaban J connectivity index is 1.02. The molecule has 0 N–H and O–H groups in total. The Bertz CT molecular complexity index is 3390. The first-order valence-electron chi connectivity index (χ1n) is 20.2. The standard InChI is InChI=1S/C55H35N3O/c1-2-9-34(10-3-1)35-17-19-36(20-18-35)41-29-30-46-51(33-41)59-50-16-8-15-47(52(46)50)55-57-53(42-27-25-39-23-21-37-11-4-6-13-44(37)48(39)31-42)56-54(58-55)43-28-26-40-24-22-38-12-5-7-14-45(38)49(40)32-43/h1-33,37,44H. The summed E-state index contributed by atoms with van der Waals surface area (Å²) in [5.74, 6) is 2.47. The molecule has 2 aliphatic rings. The van der Waals surface area contributed by atoms with Crippen LogP contribution in [0.1, 0.15) is 17.0 Å². The van der Waals surface area contributed by atoms with Crippen LogP contribution in [-0.2, 0) is 0 Å². The van der Waals surface area contributed by atoms with Crippen molar-refractivity contribution in [1.29, 1.82) is 0 Å². The molecule has 4 heteroatoms. The minimum absolute atomic E-state index is 0.271. The van der Waals surface area contributed by atoms with Crippen molar-refractivity contribution in [1.82, 2.24) is 15.0 Å². The zero-order valence-electron chi connectivity index (χ0n) is 32.0. The van der Waals surface area contributed by atoms with E-state index in [-0.39, 0.29) is 5.92 Å². The lowest BCUT2D eigenvalue weighted by Crippen LogP contribution is -2.13. The zero-order chi connectivity index (χ0) is 38.9. The van der Waals surface area contributed by atoms with Crippen molar-refractivity contribution in [3.63, 3.8) is 0 Å². The fraction of sp³-hybridized carbons (Fsp3) is 0.0364. The van der Waals surface area contributed by atoms with Crippen LogP contribution in [0.15, 0.2) is 199 Å². The Kier molecular flexibility index (Phi) is 7.63. The van der Waals surface area contributed by atoms with Crippen molar-refractivity contribution < 1.29 is 4.42 Å².